The molecule has 0 bridgehead atoms. The number of hydrogen-bond acceptors (Lipinski definition) is 5. The Labute approximate surface area is 194 Å². The quantitative estimate of drug-likeness (QED) is 0.268. The first-order valence-electron chi connectivity index (χ1n) is 11.3. The summed E-state index contributed by atoms with van der Waals surface area (Å²) in [6, 6.07) is 12.8. The fourth-order valence-corrected chi connectivity index (χ4v) is 4.73. The van der Waals surface area contributed by atoms with Gasteiger partial charge < -0.3 is 15.7 Å². The topological polar surface area (TPSA) is 109 Å². The number of fused-ring (bicyclic) bond motifs is 2. The zero-order valence-electron chi connectivity index (χ0n) is 18.7. The lowest BCUT2D eigenvalue weighted by atomic mass is 10.1. The third kappa shape index (κ3) is 3.36. The van der Waals surface area contributed by atoms with E-state index < -0.39 is 6.30 Å². The van der Waals surface area contributed by atoms with Crippen molar-refractivity contribution in [2.45, 2.75) is 26.1 Å². The Morgan fingerprint density at radius 2 is 1.91 bits per heavy atom. The number of nitrogens with two attached hydrogens (primary N) is 1. The Balaban J connectivity index is 1.31. The average molecular weight is 458 g/mol. The van der Waals surface area contributed by atoms with Crippen LogP contribution in [0.5, 0.6) is 0 Å². The van der Waals surface area contributed by atoms with Crippen LogP contribution in [0.2, 0.25) is 0 Å². The van der Waals surface area contributed by atoms with Crippen molar-refractivity contribution in [3.63, 3.8) is 0 Å². The van der Waals surface area contributed by atoms with Gasteiger partial charge in [-0.05, 0) is 50.1 Å². The highest BCUT2D eigenvalue weighted by atomic mass is 19.1. The van der Waals surface area contributed by atoms with Crippen molar-refractivity contribution in [2.24, 2.45) is 0 Å². The number of aromatic nitrogens is 5. The Hall–Kier alpha value is -3.98. The van der Waals surface area contributed by atoms with E-state index in [0.29, 0.717) is 28.0 Å². The number of nitrogens with one attached hydrogen (secondary N) is 2. The van der Waals surface area contributed by atoms with E-state index in [0.717, 1.165) is 48.2 Å². The van der Waals surface area contributed by atoms with Gasteiger partial charge in [-0.2, -0.15) is 5.10 Å². The molecule has 1 saturated heterocycles. The van der Waals surface area contributed by atoms with E-state index in [1.54, 1.807) is 18.2 Å². The molecule has 172 valence electrons. The monoisotopic (exact) mass is 457 g/mol. The summed E-state index contributed by atoms with van der Waals surface area (Å²) < 4.78 is 16.5. The highest BCUT2D eigenvalue weighted by Gasteiger charge is 2.24. The van der Waals surface area contributed by atoms with E-state index in [1.807, 2.05) is 36.1 Å². The van der Waals surface area contributed by atoms with Gasteiger partial charge in [0.15, 0.2) is 6.30 Å². The number of hydrogen-bond donors (Lipinski definition) is 3. The molecule has 3 aromatic heterocycles. The van der Waals surface area contributed by atoms with Gasteiger partial charge in [-0.3, -0.25) is 9.69 Å². The van der Waals surface area contributed by atoms with E-state index in [1.165, 1.54) is 10.9 Å². The average Bonchev–Trinajstić information content (AvgIpc) is 3.62. The molecule has 1 unspecified atom stereocenters. The molecule has 5 aromatic rings. The number of imidazole rings is 1. The maximum atomic E-state index is 14.9. The van der Waals surface area contributed by atoms with Gasteiger partial charge in [0.05, 0.1) is 34.2 Å². The molecule has 0 saturated carbocycles. The van der Waals surface area contributed by atoms with Crippen LogP contribution < -0.4 is 5.73 Å². The van der Waals surface area contributed by atoms with E-state index in [9.17, 15) is 9.18 Å². The number of benzene rings is 2. The van der Waals surface area contributed by atoms with Crippen molar-refractivity contribution in [2.75, 3.05) is 18.8 Å². The van der Waals surface area contributed by atoms with E-state index in [2.05, 4.69) is 20.1 Å². The molecule has 9 heteroatoms. The lowest BCUT2D eigenvalue weighted by Crippen LogP contribution is -2.22. The summed E-state index contributed by atoms with van der Waals surface area (Å²) in [6.07, 6.45) is 2.38. The Bertz CT molecular complexity index is 1540. The number of halogens is 1. The Kier molecular flexibility index (Phi) is 4.73. The lowest BCUT2D eigenvalue weighted by Gasteiger charge is -2.20. The van der Waals surface area contributed by atoms with Gasteiger partial charge >= 0.3 is 0 Å². The molecule has 1 fully saturated rings. The van der Waals surface area contributed by atoms with Crippen molar-refractivity contribution in [1.82, 2.24) is 29.6 Å². The van der Waals surface area contributed by atoms with Crippen molar-refractivity contribution in [3.8, 4) is 5.69 Å². The van der Waals surface area contributed by atoms with Crippen LogP contribution in [0.3, 0.4) is 0 Å². The molecule has 0 amide bonds. The molecule has 0 aliphatic carbocycles. The van der Waals surface area contributed by atoms with Crippen molar-refractivity contribution in [1.29, 1.82) is 0 Å². The van der Waals surface area contributed by atoms with Crippen molar-refractivity contribution >= 4 is 33.5 Å². The number of aryl methyl sites for hydroxylation is 1. The Morgan fingerprint density at radius 3 is 2.74 bits per heavy atom. The maximum Gasteiger partial charge on any atom is 0.214 e. The summed E-state index contributed by atoms with van der Waals surface area (Å²) in [5.74, 6) is 0.793. The normalized spacial score (nSPS) is 15.5. The number of anilines is 1. The second-order valence-corrected chi connectivity index (χ2v) is 8.82. The number of alkyl halides is 1. The van der Waals surface area contributed by atoms with Crippen molar-refractivity contribution in [3.05, 3.63) is 71.3 Å². The number of likely N-dealkylation sites (tertiary alicyclic amines) is 1. The SMILES string of the molecule is Cc1nc2cc(-n3ncc(C(=O)c4cc5ccc(C(F)N6CCCC6)cc5[nH]4)c3N)ccc2[nH]1. The number of nitrogen functional groups attached to an aromatic ring is 1. The van der Waals surface area contributed by atoms with Crippen LogP contribution in [0.4, 0.5) is 10.2 Å². The summed E-state index contributed by atoms with van der Waals surface area (Å²) in [4.78, 5) is 25.9. The second-order valence-electron chi connectivity index (χ2n) is 8.82. The van der Waals surface area contributed by atoms with Crippen LogP contribution >= 0.6 is 0 Å². The van der Waals surface area contributed by atoms with Crippen LogP contribution in [-0.2, 0) is 0 Å². The number of carbonyl (C=O) groups is 1. The first-order chi connectivity index (χ1) is 16.5. The molecule has 34 heavy (non-hydrogen) atoms. The van der Waals surface area contributed by atoms with E-state index in [4.69, 9.17) is 5.73 Å². The molecular weight excluding hydrogens is 433 g/mol. The van der Waals surface area contributed by atoms with Gasteiger partial charge in [0.2, 0.25) is 5.78 Å². The fraction of sp³-hybridized carbons (Fsp3) is 0.240. The first-order valence-corrected chi connectivity index (χ1v) is 11.3. The summed E-state index contributed by atoms with van der Waals surface area (Å²) in [7, 11) is 0. The zero-order valence-corrected chi connectivity index (χ0v) is 18.7. The molecule has 0 radical (unpaired) electrons. The van der Waals surface area contributed by atoms with Gasteiger partial charge in [0.25, 0.3) is 0 Å². The fourth-order valence-electron chi connectivity index (χ4n) is 4.73. The second kappa shape index (κ2) is 7.81. The molecule has 2 aromatic carbocycles. The highest BCUT2D eigenvalue weighted by molar-refractivity contribution is 6.12. The van der Waals surface area contributed by atoms with Gasteiger partial charge in [-0.1, -0.05) is 12.1 Å². The predicted octanol–water partition coefficient (Wildman–Crippen LogP) is 4.42. The number of H-pyrrole nitrogens is 2. The van der Waals surface area contributed by atoms with Crippen LogP contribution in [-0.4, -0.2) is 48.5 Å². The standard InChI is InChI=1S/C25H24FN7O/c1-14-29-19-7-6-17(12-21(19)30-14)33-25(27)18(13-28-33)23(34)22-10-15-4-5-16(11-20(15)31-22)24(26)32-8-2-3-9-32/h4-7,10-13,24,31H,2-3,8-9,27H2,1H3,(H,29,30). The predicted molar refractivity (Wildman–Crippen MR) is 129 cm³/mol. The van der Waals surface area contributed by atoms with E-state index in [-0.39, 0.29) is 11.6 Å². The van der Waals surface area contributed by atoms with Gasteiger partial charge in [-0.25, -0.2) is 14.1 Å². The maximum absolute atomic E-state index is 14.9. The molecule has 6 rings (SSSR count). The highest BCUT2D eigenvalue weighted by Crippen LogP contribution is 2.30. The molecule has 0 spiro atoms. The van der Waals surface area contributed by atoms with E-state index >= 15 is 0 Å². The number of carbonyl (C=O) groups excluding carboxylic acids is 1. The smallest absolute Gasteiger partial charge is 0.214 e. The van der Waals surface area contributed by atoms with Gasteiger partial charge in [-0.15, -0.1) is 0 Å². The van der Waals surface area contributed by atoms with Crippen LogP contribution in [0.1, 0.15) is 46.6 Å². The summed E-state index contributed by atoms with van der Waals surface area (Å²) >= 11 is 0. The number of nitrogens with zero attached hydrogens (tertiary/aromatic N) is 4. The summed E-state index contributed by atoms with van der Waals surface area (Å²) in [6.45, 7) is 3.43. The number of rotatable bonds is 5. The summed E-state index contributed by atoms with van der Waals surface area (Å²) in [5, 5.41) is 5.18. The third-order valence-electron chi connectivity index (χ3n) is 6.51. The minimum atomic E-state index is -1.14. The van der Waals surface area contributed by atoms with Gasteiger partial charge in [0.1, 0.15) is 11.6 Å². The Morgan fingerprint density at radius 1 is 1.09 bits per heavy atom. The molecule has 4 N–H and O–H groups in total. The number of aromatic amines is 2. The minimum Gasteiger partial charge on any atom is -0.383 e. The third-order valence-corrected chi connectivity index (χ3v) is 6.51. The molecule has 8 nitrogen and oxygen atoms in total. The molecule has 1 aliphatic heterocycles. The lowest BCUT2D eigenvalue weighted by molar-refractivity contribution is 0.103. The molecule has 1 atom stereocenters. The molecular formula is C25H24FN7O. The molecule has 4 heterocycles. The largest absolute Gasteiger partial charge is 0.383 e. The van der Waals surface area contributed by atoms with Crippen molar-refractivity contribution < 1.29 is 9.18 Å². The first kappa shape index (κ1) is 20.6. The van der Waals surface area contributed by atoms with Gasteiger partial charge in [0, 0.05) is 29.6 Å². The van der Waals surface area contributed by atoms with Crippen LogP contribution in [0, 0.1) is 6.92 Å². The minimum absolute atomic E-state index is 0.244. The van der Waals surface area contributed by atoms with Crippen LogP contribution in [0.25, 0.3) is 27.6 Å². The summed E-state index contributed by atoms with van der Waals surface area (Å²) in [5.41, 5.74) is 10.7. The van der Waals surface area contributed by atoms with Crippen LogP contribution in [0.15, 0.2) is 48.7 Å². The number of ketones is 1. The zero-order chi connectivity index (χ0) is 23.4. The molecule has 1 aliphatic rings.